The Balaban J connectivity index is 2.29. The molecule has 1 aromatic rings. The first-order valence-electron chi connectivity index (χ1n) is 7.56. The Morgan fingerprint density at radius 3 is 2.78 bits per heavy atom. The third-order valence-electron chi connectivity index (χ3n) is 4.29. The van der Waals surface area contributed by atoms with Crippen LogP contribution in [0.5, 0.6) is 5.75 Å². The van der Waals surface area contributed by atoms with Crippen LogP contribution in [0.15, 0.2) is 18.2 Å². The molecule has 0 radical (unpaired) electrons. The van der Waals surface area contributed by atoms with Crippen molar-refractivity contribution in [3.63, 3.8) is 0 Å². The fourth-order valence-corrected chi connectivity index (χ4v) is 3.12. The van der Waals surface area contributed by atoms with Crippen LogP contribution in [-0.4, -0.2) is 6.61 Å². The summed E-state index contributed by atoms with van der Waals surface area (Å²) >= 11 is 0. The highest BCUT2D eigenvalue weighted by molar-refractivity contribution is 5.42. The molecule has 100 valence electrons. The van der Waals surface area contributed by atoms with E-state index in [2.05, 4.69) is 39.0 Å². The third kappa shape index (κ3) is 2.71. The minimum absolute atomic E-state index is 0.702. The molecule has 1 nitrogen and oxygen atoms in total. The average Bonchev–Trinajstić information content (AvgIpc) is 2.43. The lowest BCUT2D eigenvalue weighted by atomic mass is 9.85. The Morgan fingerprint density at radius 1 is 1.28 bits per heavy atom. The predicted molar refractivity (Wildman–Crippen MR) is 77.5 cm³/mol. The average molecular weight is 246 g/mol. The van der Waals surface area contributed by atoms with Crippen LogP contribution in [0.3, 0.4) is 0 Å². The Morgan fingerprint density at radius 2 is 2.11 bits per heavy atom. The fourth-order valence-electron chi connectivity index (χ4n) is 3.12. The SMILES string of the molecule is CCCC(CC)c1ccc2c(c1)C(CC)CCO2. The predicted octanol–water partition coefficient (Wildman–Crippen LogP) is 5.26. The van der Waals surface area contributed by atoms with E-state index in [4.69, 9.17) is 4.74 Å². The van der Waals surface area contributed by atoms with Gasteiger partial charge < -0.3 is 4.74 Å². The summed E-state index contributed by atoms with van der Waals surface area (Å²) in [7, 11) is 0. The molecule has 0 spiro atoms. The Bertz CT molecular complexity index is 383. The lowest BCUT2D eigenvalue weighted by Gasteiger charge is -2.27. The first-order chi connectivity index (χ1) is 8.80. The van der Waals surface area contributed by atoms with Crippen LogP contribution in [0, 0.1) is 0 Å². The molecule has 2 rings (SSSR count). The molecule has 18 heavy (non-hydrogen) atoms. The van der Waals surface area contributed by atoms with Crippen molar-refractivity contribution < 1.29 is 4.74 Å². The van der Waals surface area contributed by atoms with E-state index in [1.807, 2.05) is 0 Å². The van der Waals surface area contributed by atoms with Gasteiger partial charge in [0.1, 0.15) is 5.75 Å². The zero-order valence-electron chi connectivity index (χ0n) is 12.0. The van der Waals surface area contributed by atoms with Gasteiger partial charge in [0.05, 0.1) is 6.61 Å². The number of hydrogen-bond acceptors (Lipinski definition) is 1. The van der Waals surface area contributed by atoms with Crippen LogP contribution >= 0.6 is 0 Å². The summed E-state index contributed by atoms with van der Waals surface area (Å²) in [6, 6.07) is 6.90. The van der Waals surface area contributed by atoms with Gasteiger partial charge in [-0.15, -0.1) is 0 Å². The van der Waals surface area contributed by atoms with Gasteiger partial charge in [-0.2, -0.15) is 0 Å². The summed E-state index contributed by atoms with van der Waals surface area (Å²) in [6.45, 7) is 7.75. The van der Waals surface area contributed by atoms with E-state index in [-0.39, 0.29) is 0 Å². The van der Waals surface area contributed by atoms with Gasteiger partial charge in [0.2, 0.25) is 0 Å². The van der Waals surface area contributed by atoms with Crippen LogP contribution in [0.25, 0.3) is 0 Å². The van der Waals surface area contributed by atoms with Gasteiger partial charge in [0.15, 0.2) is 0 Å². The Kier molecular flexibility index (Phi) is 4.68. The normalized spacial score (nSPS) is 20.1. The van der Waals surface area contributed by atoms with Crippen molar-refractivity contribution in [1.82, 2.24) is 0 Å². The second-order valence-electron chi connectivity index (χ2n) is 5.43. The second-order valence-corrected chi connectivity index (χ2v) is 5.43. The lowest BCUT2D eigenvalue weighted by molar-refractivity contribution is 0.265. The van der Waals surface area contributed by atoms with Crippen molar-refractivity contribution in [3.05, 3.63) is 29.3 Å². The molecule has 1 heteroatoms. The first kappa shape index (κ1) is 13.5. The number of ether oxygens (including phenoxy) is 1. The Hall–Kier alpha value is -0.980. The molecule has 1 aliphatic rings. The summed E-state index contributed by atoms with van der Waals surface area (Å²) < 4.78 is 5.78. The van der Waals surface area contributed by atoms with Crippen LogP contribution < -0.4 is 4.74 Å². The van der Waals surface area contributed by atoms with E-state index in [0.29, 0.717) is 5.92 Å². The van der Waals surface area contributed by atoms with Gasteiger partial charge in [-0.3, -0.25) is 0 Å². The standard InChI is InChI=1S/C17H26O/c1-4-7-13(5-2)15-8-9-17-16(12-15)14(6-3)10-11-18-17/h8-9,12-14H,4-7,10-11H2,1-3H3. The molecule has 0 saturated heterocycles. The number of hydrogen-bond donors (Lipinski definition) is 0. The fraction of sp³-hybridized carbons (Fsp3) is 0.647. The zero-order valence-corrected chi connectivity index (χ0v) is 12.0. The molecular weight excluding hydrogens is 220 g/mol. The minimum atomic E-state index is 0.702. The summed E-state index contributed by atoms with van der Waals surface area (Å²) in [4.78, 5) is 0. The third-order valence-corrected chi connectivity index (χ3v) is 4.29. The maximum Gasteiger partial charge on any atom is 0.122 e. The topological polar surface area (TPSA) is 9.23 Å². The molecule has 1 aliphatic heterocycles. The first-order valence-corrected chi connectivity index (χ1v) is 7.56. The molecule has 0 bridgehead atoms. The van der Waals surface area contributed by atoms with Crippen LogP contribution in [0.1, 0.15) is 75.8 Å². The van der Waals surface area contributed by atoms with Gasteiger partial charge in [-0.1, -0.05) is 39.3 Å². The van der Waals surface area contributed by atoms with E-state index in [1.54, 1.807) is 0 Å². The number of rotatable bonds is 5. The minimum Gasteiger partial charge on any atom is -0.493 e. The molecular formula is C17H26O. The highest BCUT2D eigenvalue weighted by atomic mass is 16.5. The molecule has 0 fully saturated rings. The van der Waals surface area contributed by atoms with Crippen molar-refractivity contribution in [2.75, 3.05) is 6.61 Å². The van der Waals surface area contributed by atoms with E-state index < -0.39 is 0 Å². The summed E-state index contributed by atoms with van der Waals surface area (Å²) in [6.07, 6.45) is 6.21. The van der Waals surface area contributed by atoms with Gasteiger partial charge >= 0.3 is 0 Å². The zero-order chi connectivity index (χ0) is 13.0. The highest BCUT2D eigenvalue weighted by Gasteiger charge is 2.21. The largest absolute Gasteiger partial charge is 0.493 e. The van der Waals surface area contributed by atoms with Gasteiger partial charge in [0, 0.05) is 0 Å². The van der Waals surface area contributed by atoms with E-state index in [9.17, 15) is 0 Å². The second kappa shape index (κ2) is 6.26. The summed E-state index contributed by atoms with van der Waals surface area (Å²) in [5.74, 6) is 2.55. The van der Waals surface area contributed by atoms with E-state index >= 15 is 0 Å². The maximum absolute atomic E-state index is 5.78. The van der Waals surface area contributed by atoms with Crippen molar-refractivity contribution >= 4 is 0 Å². The molecule has 1 aromatic carbocycles. The number of benzene rings is 1. The van der Waals surface area contributed by atoms with E-state index in [0.717, 1.165) is 18.3 Å². The maximum atomic E-state index is 5.78. The highest BCUT2D eigenvalue weighted by Crippen LogP contribution is 2.38. The quantitative estimate of drug-likeness (QED) is 0.689. The van der Waals surface area contributed by atoms with Crippen molar-refractivity contribution in [2.45, 2.75) is 64.7 Å². The van der Waals surface area contributed by atoms with E-state index in [1.165, 1.54) is 43.2 Å². The number of fused-ring (bicyclic) bond motifs is 1. The van der Waals surface area contributed by atoms with Crippen molar-refractivity contribution in [1.29, 1.82) is 0 Å². The summed E-state index contributed by atoms with van der Waals surface area (Å²) in [5.41, 5.74) is 2.97. The van der Waals surface area contributed by atoms with Crippen LogP contribution in [-0.2, 0) is 0 Å². The molecule has 1 heterocycles. The molecule has 0 N–H and O–H groups in total. The Labute approximate surface area is 112 Å². The molecule has 0 saturated carbocycles. The molecule has 0 amide bonds. The van der Waals surface area contributed by atoms with Gasteiger partial charge in [-0.05, 0) is 54.7 Å². The molecule has 2 unspecified atom stereocenters. The van der Waals surface area contributed by atoms with Gasteiger partial charge in [-0.25, -0.2) is 0 Å². The monoisotopic (exact) mass is 246 g/mol. The van der Waals surface area contributed by atoms with Crippen LogP contribution in [0.4, 0.5) is 0 Å². The molecule has 0 aromatic heterocycles. The van der Waals surface area contributed by atoms with Gasteiger partial charge in [0.25, 0.3) is 0 Å². The van der Waals surface area contributed by atoms with Crippen LogP contribution in [0.2, 0.25) is 0 Å². The molecule has 0 aliphatic carbocycles. The smallest absolute Gasteiger partial charge is 0.122 e. The summed E-state index contributed by atoms with van der Waals surface area (Å²) in [5, 5.41) is 0. The lowest BCUT2D eigenvalue weighted by Crippen LogP contribution is -2.14. The molecule has 2 atom stereocenters. The van der Waals surface area contributed by atoms with Crippen molar-refractivity contribution in [2.24, 2.45) is 0 Å². The van der Waals surface area contributed by atoms with Crippen molar-refractivity contribution in [3.8, 4) is 5.75 Å².